The van der Waals surface area contributed by atoms with Gasteiger partial charge in [0, 0.05) is 25.8 Å². The molecule has 4 saturated carbocycles. The van der Waals surface area contributed by atoms with Crippen molar-refractivity contribution in [3.63, 3.8) is 0 Å². The van der Waals surface area contributed by atoms with Crippen LogP contribution in [0.2, 0.25) is 0 Å². The molecule has 5 rings (SSSR count). The summed E-state index contributed by atoms with van der Waals surface area (Å²) >= 11 is 0. The lowest BCUT2D eigenvalue weighted by Gasteiger charge is -2.56. The van der Waals surface area contributed by atoms with Gasteiger partial charge in [0.25, 0.3) is 5.91 Å². The lowest BCUT2D eigenvalue weighted by molar-refractivity contribution is -0.0167. The van der Waals surface area contributed by atoms with Crippen LogP contribution in [-0.2, 0) is 0 Å². The summed E-state index contributed by atoms with van der Waals surface area (Å²) in [7, 11) is 3.91. The van der Waals surface area contributed by atoms with Gasteiger partial charge in [0.15, 0.2) is 0 Å². The van der Waals surface area contributed by atoms with Gasteiger partial charge in [-0.3, -0.25) is 4.79 Å². The van der Waals surface area contributed by atoms with Gasteiger partial charge in [-0.2, -0.15) is 0 Å². The van der Waals surface area contributed by atoms with Gasteiger partial charge in [-0.05, 0) is 68.4 Å². The van der Waals surface area contributed by atoms with Crippen LogP contribution < -0.4 is 10.2 Å². The maximum atomic E-state index is 12.6. The highest BCUT2D eigenvalue weighted by molar-refractivity contribution is 5.94. The van der Waals surface area contributed by atoms with Gasteiger partial charge in [0.2, 0.25) is 0 Å². The van der Waals surface area contributed by atoms with Crippen LogP contribution in [0.25, 0.3) is 0 Å². The summed E-state index contributed by atoms with van der Waals surface area (Å²) in [6.07, 6.45) is 9.46. The maximum Gasteiger partial charge on any atom is 0.253 e. The zero-order valence-electron chi connectivity index (χ0n) is 13.5. The van der Waals surface area contributed by atoms with Gasteiger partial charge in [-0.25, -0.2) is 4.98 Å². The molecule has 4 aliphatic rings. The highest BCUT2D eigenvalue weighted by Gasteiger charge is 2.51. The molecule has 0 aliphatic heterocycles. The van der Waals surface area contributed by atoms with E-state index < -0.39 is 0 Å². The van der Waals surface area contributed by atoms with Crippen LogP contribution in [0, 0.1) is 17.8 Å². The molecule has 4 nitrogen and oxygen atoms in total. The van der Waals surface area contributed by atoms with Crippen LogP contribution in [0.3, 0.4) is 0 Å². The second kappa shape index (κ2) is 4.97. The van der Waals surface area contributed by atoms with Crippen LogP contribution in [0.5, 0.6) is 0 Å². The highest BCUT2D eigenvalue weighted by Crippen LogP contribution is 2.55. The lowest BCUT2D eigenvalue weighted by Crippen LogP contribution is -2.59. The molecule has 4 heteroatoms. The number of carbonyl (C=O) groups excluding carboxylic acids is 1. The molecule has 0 spiro atoms. The average molecular weight is 299 g/mol. The van der Waals surface area contributed by atoms with Gasteiger partial charge < -0.3 is 10.2 Å². The summed E-state index contributed by atoms with van der Waals surface area (Å²) in [5.41, 5.74) is 0.757. The number of amides is 1. The van der Waals surface area contributed by atoms with Crippen molar-refractivity contribution in [3.05, 3.63) is 23.9 Å². The second-order valence-electron chi connectivity index (χ2n) is 7.95. The van der Waals surface area contributed by atoms with Crippen LogP contribution in [-0.4, -0.2) is 30.5 Å². The molecular formula is C18H25N3O. The summed E-state index contributed by atoms with van der Waals surface area (Å²) in [5, 5.41) is 3.40. The molecule has 1 aromatic heterocycles. The van der Waals surface area contributed by atoms with Crippen LogP contribution in [0.15, 0.2) is 18.3 Å². The molecule has 0 saturated heterocycles. The van der Waals surface area contributed by atoms with Crippen LogP contribution in [0.1, 0.15) is 48.9 Å². The van der Waals surface area contributed by atoms with E-state index in [0.29, 0.717) is 5.56 Å². The molecule has 1 heterocycles. The number of hydrogen-bond donors (Lipinski definition) is 1. The van der Waals surface area contributed by atoms with Gasteiger partial charge >= 0.3 is 0 Å². The fourth-order valence-corrected chi connectivity index (χ4v) is 5.36. The molecule has 1 aromatic rings. The fraction of sp³-hybridized carbons (Fsp3) is 0.667. The van der Waals surface area contributed by atoms with E-state index in [2.05, 4.69) is 10.3 Å². The normalized spacial score (nSPS) is 35.5. The van der Waals surface area contributed by atoms with Gasteiger partial charge in [0.05, 0.1) is 5.56 Å². The Morgan fingerprint density at radius 2 is 1.73 bits per heavy atom. The first-order chi connectivity index (χ1) is 10.5. The zero-order chi connectivity index (χ0) is 15.3. The Bertz CT molecular complexity index is 543. The molecule has 0 aromatic carbocycles. The molecule has 0 atom stereocenters. The number of aromatic nitrogens is 1. The van der Waals surface area contributed by atoms with E-state index in [0.717, 1.165) is 23.6 Å². The summed E-state index contributed by atoms with van der Waals surface area (Å²) in [4.78, 5) is 18.9. The molecule has 4 fully saturated rings. The van der Waals surface area contributed by atoms with Gasteiger partial charge in [-0.15, -0.1) is 0 Å². The molecule has 0 unspecified atom stereocenters. The van der Waals surface area contributed by atoms with E-state index in [4.69, 9.17) is 0 Å². The molecule has 0 radical (unpaired) electrons. The SMILES string of the molecule is CN(C)c1ccc(C(=O)NC23CC4CC(CC(C4)C2)C3)cn1. The van der Waals surface area contributed by atoms with Crippen molar-refractivity contribution in [1.29, 1.82) is 0 Å². The van der Waals surface area contributed by atoms with Crippen LogP contribution >= 0.6 is 0 Å². The van der Waals surface area contributed by atoms with Crippen molar-refractivity contribution >= 4 is 11.7 Å². The minimum Gasteiger partial charge on any atom is -0.363 e. The number of rotatable bonds is 3. The molecular weight excluding hydrogens is 274 g/mol. The van der Waals surface area contributed by atoms with E-state index in [1.807, 2.05) is 31.1 Å². The highest BCUT2D eigenvalue weighted by atomic mass is 16.1. The Labute approximate surface area is 132 Å². The van der Waals surface area contributed by atoms with Gasteiger partial charge in [-0.1, -0.05) is 0 Å². The molecule has 4 aliphatic carbocycles. The topological polar surface area (TPSA) is 45.2 Å². The Morgan fingerprint density at radius 1 is 1.14 bits per heavy atom. The van der Waals surface area contributed by atoms with Gasteiger partial charge in [0.1, 0.15) is 5.82 Å². The predicted molar refractivity (Wildman–Crippen MR) is 86.9 cm³/mol. The zero-order valence-corrected chi connectivity index (χ0v) is 13.5. The maximum absolute atomic E-state index is 12.6. The number of nitrogens with one attached hydrogen (secondary N) is 1. The predicted octanol–water partition coefficient (Wildman–Crippen LogP) is 2.85. The van der Waals surface area contributed by atoms with Crippen molar-refractivity contribution < 1.29 is 4.79 Å². The first kappa shape index (κ1) is 14.0. The summed E-state index contributed by atoms with van der Waals surface area (Å²) < 4.78 is 0. The van der Waals surface area contributed by atoms with E-state index in [1.165, 1.54) is 38.5 Å². The third-order valence-corrected chi connectivity index (χ3v) is 5.89. The minimum atomic E-state index is 0.0553. The van der Waals surface area contributed by atoms with Crippen molar-refractivity contribution in [1.82, 2.24) is 10.3 Å². The third-order valence-electron chi connectivity index (χ3n) is 5.89. The first-order valence-corrected chi connectivity index (χ1v) is 8.49. The smallest absolute Gasteiger partial charge is 0.253 e. The van der Waals surface area contributed by atoms with Crippen LogP contribution in [0.4, 0.5) is 5.82 Å². The minimum absolute atomic E-state index is 0.0553. The van der Waals surface area contributed by atoms with Crippen molar-refractivity contribution in [3.8, 4) is 0 Å². The van der Waals surface area contributed by atoms with Crippen molar-refractivity contribution in [2.75, 3.05) is 19.0 Å². The summed E-state index contributed by atoms with van der Waals surface area (Å²) in [6.45, 7) is 0. The molecule has 1 N–H and O–H groups in total. The Hall–Kier alpha value is -1.58. The molecule has 118 valence electrons. The number of pyridine rings is 1. The molecule has 1 amide bonds. The van der Waals surface area contributed by atoms with E-state index in [9.17, 15) is 4.79 Å². The quantitative estimate of drug-likeness (QED) is 0.933. The first-order valence-electron chi connectivity index (χ1n) is 8.49. The van der Waals surface area contributed by atoms with E-state index in [-0.39, 0.29) is 11.4 Å². The number of hydrogen-bond acceptors (Lipinski definition) is 3. The fourth-order valence-electron chi connectivity index (χ4n) is 5.36. The number of nitrogens with zero attached hydrogens (tertiary/aromatic N) is 2. The van der Waals surface area contributed by atoms with E-state index in [1.54, 1.807) is 6.20 Å². The molecule has 22 heavy (non-hydrogen) atoms. The standard InChI is InChI=1S/C18H25N3O/c1-21(2)16-4-3-15(11-19-16)17(22)20-18-8-12-5-13(9-18)7-14(6-12)10-18/h3-4,11-14H,5-10H2,1-2H3,(H,20,22). The number of anilines is 1. The summed E-state index contributed by atoms with van der Waals surface area (Å²) in [5.74, 6) is 3.48. The second-order valence-corrected chi connectivity index (χ2v) is 7.95. The molecule has 4 bridgehead atoms. The lowest BCUT2D eigenvalue weighted by atomic mass is 9.53. The largest absolute Gasteiger partial charge is 0.363 e. The number of carbonyl (C=O) groups is 1. The summed E-state index contributed by atoms with van der Waals surface area (Å²) in [6, 6.07) is 3.80. The monoisotopic (exact) mass is 299 g/mol. The van der Waals surface area contributed by atoms with E-state index >= 15 is 0 Å². The Kier molecular flexibility index (Phi) is 3.17. The third kappa shape index (κ3) is 2.38. The Balaban J connectivity index is 1.50. The Morgan fingerprint density at radius 3 is 2.18 bits per heavy atom. The average Bonchev–Trinajstić information content (AvgIpc) is 2.45. The van der Waals surface area contributed by atoms with Crippen molar-refractivity contribution in [2.45, 2.75) is 44.1 Å². The van der Waals surface area contributed by atoms with Crippen molar-refractivity contribution in [2.24, 2.45) is 17.8 Å².